The van der Waals surface area contributed by atoms with Crippen molar-refractivity contribution in [3.05, 3.63) is 47.5 Å². The van der Waals surface area contributed by atoms with Crippen LogP contribution in [0.5, 0.6) is 0 Å². The molecule has 1 fully saturated rings. The van der Waals surface area contributed by atoms with E-state index in [2.05, 4.69) is 15.1 Å². The summed E-state index contributed by atoms with van der Waals surface area (Å²) in [6.07, 6.45) is 1.78. The third kappa shape index (κ3) is 2.81. The molecule has 0 radical (unpaired) electrons. The topological polar surface area (TPSA) is 69.2 Å². The first-order valence-corrected chi connectivity index (χ1v) is 8.04. The number of hydrogen-bond donors (Lipinski definition) is 1. The van der Waals surface area contributed by atoms with Gasteiger partial charge in [0.15, 0.2) is 0 Å². The van der Waals surface area contributed by atoms with Gasteiger partial charge in [0.25, 0.3) is 0 Å². The van der Waals surface area contributed by atoms with Crippen molar-refractivity contribution in [3.63, 3.8) is 0 Å². The molecule has 4 rings (SSSR count). The SMILES string of the molecule is N[C@H]1C[C@@H](N2CCn3cnnc3C2)CO[C@@H]1c1cc(F)ccc1F. The zero-order valence-electron chi connectivity index (χ0n) is 13.1. The Balaban J connectivity index is 1.46. The number of aromatic nitrogens is 3. The van der Waals surface area contributed by atoms with Gasteiger partial charge in [-0.3, -0.25) is 4.90 Å². The predicted octanol–water partition coefficient (Wildman–Crippen LogP) is 1.23. The molecule has 2 aliphatic heterocycles. The molecule has 0 amide bonds. The molecule has 0 bridgehead atoms. The number of halogens is 2. The second kappa shape index (κ2) is 6.19. The summed E-state index contributed by atoms with van der Waals surface area (Å²) in [6, 6.07) is 3.13. The summed E-state index contributed by atoms with van der Waals surface area (Å²) in [5.74, 6) is -0.0471. The minimum absolute atomic E-state index is 0.137. The van der Waals surface area contributed by atoms with Gasteiger partial charge < -0.3 is 15.0 Å². The third-order valence-corrected chi connectivity index (χ3v) is 4.85. The van der Waals surface area contributed by atoms with Gasteiger partial charge in [0, 0.05) is 30.7 Å². The molecule has 24 heavy (non-hydrogen) atoms. The molecule has 2 aliphatic rings. The van der Waals surface area contributed by atoms with E-state index >= 15 is 0 Å². The number of fused-ring (bicyclic) bond motifs is 1. The average molecular weight is 335 g/mol. The second-order valence-electron chi connectivity index (χ2n) is 6.38. The Morgan fingerprint density at radius 2 is 2.12 bits per heavy atom. The Morgan fingerprint density at radius 3 is 2.96 bits per heavy atom. The normalized spacial score (nSPS) is 27.9. The fourth-order valence-electron chi connectivity index (χ4n) is 3.55. The molecule has 8 heteroatoms. The molecular formula is C16H19F2N5O. The van der Waals surface area contributed by atoms with Crippen LogP contribution in [0.4, 0.5) is 8.78 Å². The standard InChI is InChI=1S/C16H19F2N5O/c17-10-1-2-13(18)12(5-10)16-14(19)6-11(8-24-16)22-3-4-23-9-20-21-15(23)7-22/h1-2,5,9,11,14,16H,3-4,6-8,19H2/t11-,14+,16-/m1/s1. The van der Waals surface area contributed by atoms with Gasteiger partial charge in [0.1, 0.15) is 29.9 Å². The van der Waals surface area contributed by atoms with Crippen molar-refractivity contribution >= 4 is 0 Å². The molecule has 6 nitrogen and oxygen atoms in total. The lowest BCUT2D eigenvalue weighted by atomic mass is 9.93. The van der Waals surface area contributed by atoms with E-state index < -0.39 is 17.7 Å². The molecule has 0 unspecified atom stereocenters. The molecule has 1 aromatic heterocycles. The number of nitrogens with zero attached hydrogens (tertiary/aromatic N) is 4. The van der Waals surface area contributed by atoms with Crippen molar-refractivity contribution in [2.45, 2.75) is 37.7 Å². The molecular weight excluding hydrogens is 316 g/mol. The van der Waals surface area contributed by atoms with E-state index in [9.17, 15) is 8.78 Å². The highest BCUT2D eigenvalue weighted by Gasteiger charge is 2.35. The van der Waals surface area contributed by atoms with Gasteiger partial charge >= 0.3 is 0 Å². The minimum Gasteiger partial charge on any atom is -0.370 e. The van der Waals surface area contributed by atoms with Crippen LogP contribution in [0.2, 0.25) is 0 Å². The summed E-state index contributed by atoms with van der Waals surface area (Å²) in [6.45, 7) is 2.82. The van der Waals surface area contributed by atoms with E-state index in [-0.39, 0.29) is 17.6 Å². The van der Waals surface area contributed by atoms with Crippen molar-refractivity contribution in [3.8, 4) is 0 Å². The maximum Gasteiger partial charge on any atom is 0.147 e. The molecule has 1 aromatic carbocycles. The Bertz CT molecular complexity index is 737. The highest BCUT2D eigenvalue weighted by Crippen LogP contribution is 2.32. The zero-order valence-corrected chi connectivity index (χ0v) is 13.1. The van der Waals surface area contributed by atoms with Crippen molar-refractivity contribution in [2.75, 3.05) is 13.2 Å². The van der Waals surface area contributed by atoms with Crippen LogP contribution in [0, 0.1) is 11.6 Å². The lowest BCUT2D eigenvalue weighted by molar-refractivity contribution is -0.0574. The molecule has 2 N–H and O–H groups in total. The smallest absolute Gasteiger partial charge is 0.147 e. The van der Waals surface area contributed by atoms with E-state index in [4.69, 9.17) is 10.5 Å². The van der Waals surface area contributed by atoms with Gasteiger partial charge in [-0.15, -0.1) is 10.2 Å². The average Bonchev–Trinajstić information content (AvgIpc) is 3.05. The summed E-state index contributed by atoms with van der Waals surface area (Å²) in [7, 11) is 0. The van der Waals surface area contributed by atoms with Gasteiger partial charge in [0.05, 0.1) is 13.2 Å². The monoisotopic (exact) mass is 335 g/mol. The molecule has 1 saturated heterocycles. The van der Waals surface area contributed by atoms with E-state index in [0.717, 1.165) is 31.0 Å². The minimum atomic E-state index is -0.620. The summed E-state index contributed by atoms with van der Waals surface area (Å²) in [4.78, 5) is 2.27. The highest BCUT2D eigenvalue weighted by molar-refractivity contribution is 5.23. The number of ether oxygens (including phenoxy) is 1. The summed E-state index contributed by atoms with van der Waals surface area (Å²) in [5.41, 5.74) is 6.42. The molecule has 0 spiro atoms. The first-order chi connectivity index (χ1) is 11.6. The third-order valence-electron chi connectivity index (χ3n) is 4.85. The quantitative estimate of drug-likeness (QED) is 0.894. The van der Waals surface area contributed by atoms with Crippen LogP contribution in [0.1, 0.15) is 23.9 Å². The van der Waals surface area contributed by atoms with Gasteiger partial charge in [-0.2, -0.15) is 0 Å². The van der Waals surface area contributed by atoms with E-state index in [1.807, 2.05) is 4.57 Å². The fourth-order valence-corrected chi connectivity index (χ4v) is 3.55. The number of rotatable bonds is 2. The van der Waals surface area contributed by atoms with E-state index in [1.54, 1.807) is 6.33 Å². The molecule has 3 atom stereocenters. The fraction of sp³-hybridized carbons (Fsp3) is 0.500. The van der Waals surface area contributed by atoms with Gasteiger partial charge in [-0.1, -0.05) is 0 Å². The van der Waals surface area contributed by atoms with E-state index in [0.29, 0.717) is 19.6 Å². The van der Waals surface area contributed by atoms with Gasteiger partial charge in [-0.05, 0) is 24.6 Å². The summed E-state index contributed by atoms with van der Waals surface area (Å²) < 4.78 is 35.3. The number of hydrogen-bond acceptors (Lipinski definition) is 5. The lowest BCUT2D eigenvalue weighted by Crippen LogP contribution is -2.51. The molecule has 3 heterocycles. The van der Waals surface area contributed by atoms with Gasteiger partial charge in [0.2, 0.25) is 0 Å². The number of benzene rings is 1. The van der Waals surface area contributed by atoms with Crippen LogP contribution in [0.25, 0.3) is 0 Å². The maximum absolute atomic E-state index is 14.0. The first-order valence-electron chi connectivity index (χ1n) is 8.04. The van der Waals surface area contributed by atoms with Crippen LogP contribution >= 0.6 is 0 Å². The van der Waals surface area contributed by atoms with Crippen LogP contribution in [0.3, 0.4) is 0 Å². The lowest BCUT2D eigenvalue weighted by Gasteiger charge is -2.41. The van der Waals surface area contributed by atoms with Crippen molar-refractivity contribution < 1.29 is 13.5 Å². The number of nitrogens with two attached hydrogens (primary N) is 1. The van der Waals surface area contributed by atoms with Crippen molar-refractivity contribution in [2.24, 2.45) is 5.73 Å². The maximum atomic E-state index is 14.0. The largest absolute Gasteiger partial charge is 0.370 e. The summed E-state index contributed by atoms with van der Waals surface area (Å²) in [5, 5.41) is 8.03. The van der Waals surface area contributed by atoms with Crippen LogP contribution in [-0.4, -0.2) is 44.9 Å². The zero-order chi connectivity index (χ0) is 16.7. The Morgan fingerprint density at radius 1 is 1.25 bits per heavy atom. The second-order valence-corrected chi connectivity index (χ2v) is 6.38. The molecule has 0 aliphatic carbocycles. The van der Waals surface area contributed by atoms with Gasteiger partial charge in [-0.25, -0.2) is 8.78 Å². The highest BCUT2D eigenvalue weighted by atomic mass is 19.1. The summed E-state index contributed by atoms with van der Waals surface area (Å²) >= 11 is 0. The van der Waals surface area contributed by atoms with Crippen molar-refractivity contribution in [1.29, 1.82) is 0 Å². The Kier molecular flexibility index (Phi) is 4.03. The Hall–Kier alpha value is -1.90. The molecule has 0 saturated carbocycles. The van der Waals surface area contributed by atoms with Crippen LogP contribution < -0.4 is 5.73 Å². The molecule has 128 valence electrons. The molecule has 2 aromatic rings. The van der Waals surface area contributed by atoms with Crippen molar-refractivity contribution in [1.82, 2.24) is 19.7 Å². The van der Waals surface area contributed by atoms with Crippen LogP contribution in [0.15, 0.2) is 24.5 Å². The predicted molar refractivity (Wildman–Crippen MR) is 81.9 cm³/mol. The first kappa shape index (κ1) is 15.6. The van der Waals surface area contributed by atoms with E-state index in [1.165, 1.54) is 6.07 Å². The Labute approximate surface area is 138 Å². The van der Waals surface area contributed by atoms with Crippen LogP contribution in [-0.2, 0) is 17.8 Å².